The number of hydrogen-bond acceptors (Lipinski definition) is 2. The van der Waals surface area contributed by atoms with Gasteiger partial charge in [-0.3, -0.25) is 4.79 Å². The highest BCUT2D eigenvalue weighted by atomic mass is 79.9. The van der Waals surface area contributed by atoms with Gasteiger partial charge in [0.25, 0.3) is 5.91 Å². The molecule has 23 heavy (non-hydrogen) atoms. The molecule has 0 radical (unpaired) electrons. The minimum atomic E-state index is -0.633. The first-order chi connectivity index (χ1) is 11.1. The van der Waals surface area contributed by atoms with Gasteiger partial charge in [-0.25, -0.2) is 0 Å². The molecule has 1 atom stereocenters. The molecular weight excluding hydrogens is 378 g/mol. The van der Waals surface area contributed by atoms with Crippen molar-refractivity contribution >= 4 is 33.4 Å². The van der Waals surface area contributed by atoms with Gasteiger partial charge in [0, 0.05) is 10.6 Å². The smallest absolute Gasteiger partial charge is 0.261 e. The van der Waals surface area contributed by atoms with Gasteiger partial charge in [-0.15, -0.1) is 0 Å². The summed E-state index contributed by atoms with van der Waals surface area (Å²) in [5, 5.41) is 3.32. The Morgan fingerprint density at radius 3 is 2.74 bits per heavy atom. The van der Waals surface area contributed by atoms with Crippen LogP contribution in [-0.4, -0.2) is 18.6 Å². The zero-order valence-corrected chi connectivity index (χ0v) is 14.8. The predicted molar refractivity (Wildman–Crippen MR) is 95.6 cm³/mol. The summed E-state index contributed by atoms with van der Waals surface area (Å²) in [6.07, 6.45) is -0.633. The molecule has 0 bridgehead atoms. The Balaban J connectivity index is 1.84. The van der Waals surface area contributed by atoms with Crippen LogP contribution in [0.5, 0.6) is 5.75 Å². The van der Waals surface area contributed by atoms with Gasteiger partial charge in [-0.05, 0) is 53.2 Å². The van der Waals surface area contributed by atoms with Crippen molar-refractivity contribution in [3.63, 3.8) is 0 Å². The molecule has 0 aliphatic rings. The first-order valence-corrected chi connectivity index (χ1v) is 8.16. The highest BCUT2D eigenvalue weighted by Gasteiger charge is 2.15. The number of hydrogen-bond donors (Lipinski definition) is 1. The van der Waals surface area contributed by atoms with E-state index in [4.69, 9.17) is 16.3 Å². The van der Waals surface area contributed by atoms with Crippen LogP contribution in [0.15, 0.2) is 53.0 Å². The number of ether oxygens (including phenoxy) is 1. The van der Waals surface area contributed by atoms with E-state index in [2.05, 4.69) is 33.1 Å². The van der Waals surface area contributed by atoms with Crippen LogP contribution in [0.1, 0.15) is 12.5 Å². The molecule has 3 nitrogen and oxygen atoms in total. The number of benzene rings is 2. The largest absolute Gasteiger partial charge is 0.480 e. The summed E-state index contributed by atoms with van der Waals surface area (Å²) in [4.78, 5) is 12.0. The van der Waals surface area contributed by atoms with E-state index in [1.54, 1.807) is 25.1 Å². The molecule has 0 spiro atoms. The number of halogens is 2. The van der Waals surface area contributed by atoms with Crippen molar-refractivity contribution in [2.75, 3.05) is 6.54 Å². The third-order valence-corrected chi connectivity index (χ3v) is 3.78. The van der Waals surface area contributed by atoms with Crippen LogP contribution in [0.4, 0.5) is 0 Å². The summed E-state index contributed by atoms with van der Waals surface area (Å²) in [6, 6.07) is 14.7. The van der Waals surface area contributed by atoms with Gasteiger partial charge in [-0.1, -0.05) is 41.6 Å². The van der Waals surface area contributed by atoms with Gasteiger partial charge in [0.1, 0.15) is 5.75 Å². The highest BCUT2D eigenvalue weighted by molar-refractivity contribution is 9.10. The molecule has 1 N–H and O–H groups in total. The van der Waals surface area contributed by atoms with Crippen molar-refractivity contribution in [1.29, 1.82) is 0 Å². The molecule has 0 fully saturated rings. The van der Waals surface area contributed by atoms with E-state index in [1.165, 1.54) is 0 Å². The van der Waals surface area contributed by atoms with Crippen molar-refractivity contribution in [2.45, 2.75) is 13.0 Å². The van der Waals surface area contributed by atoms with Crippen molar-refractivity contribution in [1.82, 2.24) is 5.32 Å². The Labute approximate surface area is 149 Å². The number of amides is 1. The summed E-state index contributed by atoms with van der Waals surface area (Å²) < 4.78 is 6.31. The second-order valence-corrected chi connectivity index (χ2v) is 6.01. The van der Waals surface area contributed by atoms with Crippen LogP contribution in [0.25, 0.3) is 0 Å². The number of carbonyl (C=O) groups excluding carboxylic acids is 1. The van der Waals surface area contributed by atoms with Gasteiger partial charge in [0.05, 0.1) is 11.0 Å². The van der Waals surface area contributed by atoms with Crippen LogP contribution >= 0.6 is 27.5 Å². The molecule has 0 saturated carbocycles. The monoisotopic (exact) mass is 391 g/mol. The molecule has 2 aromatic rings. The van der Waals surface area contributed by atoms with Gasteiger partial charge < -0.3 is 10.1 Å². The van der Waals surface area contributed by atoms with Crippen LogP contribution in [-0.2, 0) is 4.79 Å². The van der Waals surface area contributed by atoms with Crippen molar-refractivity contribution in [2.24, 2.45) is 0 Å². The SMILES string of the molecule is CC(Oc1ccc(Cl)cc1Br)C(=O)NCC#Cc1ccccc1. The topological polar surface area (TPSA) is 38.3 Å². The average molecular weight is 393 g/mol. The molecule has 2 rings (SSSR count). The third-order valence-electron chi connectivity index (χ3n) is 2.92. The lowest BCUT2D eigenvalue weighted by molar-refractivity contribution is -0.127. The lowest BCUT2D eigenvalue weighted by atomic mass is 10.2. The maximum absolute atomic E-state index is 12.0. The Bertz CT molecular complexity index is 738. The van der Waals surface area contributed by atoms with E-state index in [1.807, 2.05) is 30.3 Å². The predicted octanol–water partition coefficient (Wildman–Crippen LogP) is 4.04. The molecule has 0 aliphatic carbocycles. The van der Waals surface area contributed by atoms with E-state index in [0.29, 0.717) is 15.2 Å². The zero-order valence-electron chi connectivity index (χ0n) is 12.5. The van der Waals surface area contributed by atoms with E-state index >= 15 is 0 Å². The lowest BCUT2D eigenvalue weighted by Crippen LogP contribution is -2.36. The molecule has 0 aromatic heterocycles. The molecule has 5 heteroatoms. The minimum absolute atomic E-state index is 0.228. The van der Waals surface area contributed by atoms with Crippen LogP contribution in [0, 0.1) is 11.8 Å². The van der Waals surface area contributed by atoms with E-state index in [0.717, 1.165) is 5.56 Å². The van der Waals surface area contributed by atoms with E-state index in [9.17, 15) is 4.79 Å². The summed E-state index contributed by atoms with van der Waals surface area (Å²) in [5.41, 5.74) is 0.913. The first kappa shape index (κ1) is 17.4. The van der Waals surface area contributed by atoms with Crippen molar-refractivity contribution < 1.29 is 9.53 Å². The van der Waals surface area contributed by atoms with E-state index in [-0.39, 0.29) is 12.5 Å². The van der Waals surface area contributed by atoms with Crippen LogP contribution in [0.2, 0.25) is 5.02 Å². The summed E-state index contributed by atoms with van der Waals surface area (Å²) in [7, 11) is 0. The van der Waals surface area contributed by atoms with Crippen molar-refractivity contribution in [3.8, 4) is 17.6 Å². The Hall–Kier alpha value is -1.96. The van der Waals surface area contributed by atoms with Gasteiger partial charge in [-0.2, -0.15) is 0 Å². The molecular formula is C18H15BrClNO2. The standard InChI is InChI=1S/C18H15BrClNO2/c1-13(23-17-10-9-15(20)12-16(17)19)18(22)21-11-5-8-14-6-3-2-4-7-14/h2-4,6-7,9-10,12-13H,11H2,1H3,(H,21,22). The molecule has 0 aliphatic heterocycles. The highest BCUT2D eigenvalue weighted by Crippen LogP contribution is 2.28. The molecule has 118 valence electrons. The second kappa shape index (κ2) is 8.61. The molecule has 0 saturated heterocycles. The van der Waals surface area contributed by atoms with Gasteiger partial charge >= 0.3 is 0 Å². The van der Waals surface area contributed by atoms with Crippen molar-refractivity contribution in [3.05, 3.63) is 63.6 Å². The third kappa shape index (κ3) is 5.63. The number of rotatable bonds is 4. The molecule has 1 unspecified atom stereocenters. The summed E-state index contributed by atoms with van der Waals surface area (Å²) in [5.74, 6) is 6.22. The quantitative estimate of drug-likeness (QED) is 0.798. The fraction of sp³-hybridized carbons (Fsp3) is 0.167. The van der Waals surface area contributed by atoms with Crippen LogP contribution in [0.3, 0.4) is 0 Å². The van der Waals surface area contributed by atoms with Gasteiger partial charge in [0.2, 0.25) is 0 Å². The molecule has 1 amide bonds. The zero-order chi connectivity index (χ0) is 16.7. The summed E-state index contributed by atoms with van der Waals surface area (Å²) >= 11 is 9.22. The van der Waals surface area contributed by atoms with Crippen LogP contribution < -0.4 is 10.1 Å². The maximum Gasteiger partial charge on any atom is 0.261 e. The number of carbonyl (C=O) groups is 1. The lowest BCUT2D eigenvalue weighted by Gasteiger charge is -2.15. The minimum Gasteiger partial charge on any atom is -0.480 e. The molecule has 2 aromatic carbocycles. The van der Waals surface area contributed by atoms with Gasteiger partial charge in [0.15, 0.2) is 6.10 Å². The molecule has 0 heterocycles. The average Bonchev–Trinajstić information content (AvgIpc) is 2.55. The first-order valence-electron chi connectivity index (χ1n) is 6.99. The Kier molecular flexibility index (Phi) is 6.52. The Morgan fingerprint density at radius 1 is 1.30 bits per heavy atom. The normalized spacial score (nSPS) is 11.1. The Morgan fingerprint density at radius 2 is 2.04 bits per heavy atom. The fourth-order valence-corrected chi connectivity index (χ4v) is 2.53. The second-order valence-electron chi connectivity index (χ2n) is 4.72. The maximum atomic E-state index is 12.0. The summed E-state index contributed by atoms with van der Waals surface area (Å²) in [6.45, 7) is 1.95. The number of nitrogens with one attached hydrogen (secondary N) is 1. The fourth-order valence-electron chi connectivity index (χ4n) is 1.76. The van der Waals surface area contributed by atoms with E-state index < -0.39 is 6.10 Å².